The normalized spacial score (nSPS) is 10.3. The minimum atomic E-state index is -1.03. The summed E-state index contributed by atoms with van der Waals surface area (Å²) in [5.41, 5.74) is -0.298. The number of anilines is 1. The van der Waals surface area contributed by atoms with E-state index in [0.717, 1.165) is 18.2 Å². The van der Waals surface area contributed by atoms with Gasteiger partial charge in [-0.15, -0.1) is 0 Å². The smallest absolute Gasteiger partial charge is 0.310 e. The molecule has 0 saturated carbocycles. The molecule has 1 amide bonds. The van der Waals surface area contributed by atoms with Crippen molar-refractivity contribution in [2.24, 2.45) is 0 Å². The first-order valence-electron chi connectivity index (χ1n) is 7.09. The van der Waals surface area contributed by atoms with E-state index in [0.29, 0.717) is 10.6 Å². The van der Waals surface area contributed by atoms with Gasteiger partial charge in [-0.3, -0.25) is 19.7 Å². The van der Waals surface area contributed by atoms with Crippen LogP contribution in [-0.4, -0.2) is 23.4 Å². The molecular formula is C16H11Cl2FN2O5. The van der Waals surface area contributed by atoms with E-state index in [9.17, 15) is 24.1 Å². The molecule has 26 heavy (non-hydrogen) atoms. The van der Waals surface area contributed by atoms with Crippen molar-refractivity contribution >= 4 is 46.5 Å². The largest absolute Gasteiger partial charge is 0.455 e. The van der Waals surface area contributed by atoms with Crippen LogP contribution in [0.2, 0.25) is 10.0 Å². The standard InChI is InChI=1S/C16H11Cl2FN2O5/c17-10-2-1-9(12(18)6-10)5-16(23)26-8-15(22)20-11-3-4-13(19)14(7-11)21(24)25/h1-4,6-7H,5,8H2,(H,20,22). The van der Waals surface area contributed by atoms with Crippen molar-refractivity contribution in [3.05, 3.63) is 67.9 Å². The number of nitro benzene ring substituents is 1. The van der Waals surface area contributed by atoms with Crippen LogP contribution < -0.4 is 5.32 Å². The Kier molecular flexibility index (Phi) is 6.48. The highest BCUT2D eigenvalue weighted by atomic mass is 35.5. The summed E-state index contributed by atoms with van der Waals surface area (Å²) in [7, 11) is 0. The van der Waals surface area contributed by atoms with Gasteiger partial charge in [-0.05, 0) is 29.8 Å². The van der Waals surface area contributed by atoms with Crippen LogP contribution in [0.25, 0.3) is 0 Å². The van der Waals surface area contributed by atoms with Crippen molar-refractivity contribution in [2.45, 2.75) is 6.42 Å². The Morgan fingerprint density at radius 3 is 2.58 bits per heavy atom. The summed E-state index contributed by atoms with van der Waals surface area (Å²) in [4.78, 5) is 33.3. The van der Waals surface area contributed by atoms with Crippen LogP contribution in [0.5, 0.6) is 0 Å². The molecule has 7 nitrogen and oxygen atoms in total. The predicted octanol–water partition coefficient (Wildman–Crippen LogP) is 3.77. The number of halogens is 3. The number of benzene rings is 2. The van der Waals surface area contributed by atoms with E-state index in [1.165, 1.54) is 6.07 Å². The third-order valence-corrected chi connectivity index (χ3v) is 3.73. The van der Waals surface area contributed by atoms with Crippen LogP contribution in [-0.2, 0) is 20.7 Å². The summed E-state index contributed by atoms with van der Waals surface area (Å²) in [6.07, 6.45) is -0.161. The second kappa shape index (κ2) is 8.59. The fourth-order valence-electron chi connectivity index (χ4n) is 1.95. The highest BCUT2D eigenvalue weighted by molar-refractivity contribution is 6.35. The second-order valence-corrected chi connectivity index (χ2v) is 5.89. The second-order valence-electron chi connectivity index (χ2n) is 5.04. The maximum Gasteiger partial charge on any atom is 0.310 e. The summed E-state index contributed by atoms with van der Waals surface area (Å²) in [5, 5.41) is 13.6. The van der Waals surface area contributed by atoms with Crippen molar-refractivity contribution in [3.8, 4) is 0 Å². The molecule has 2 aromatic rings. The molecular weight excluding hydrogens is 390 g/mol. The lowest BCUT2D eigenvalue weighted by Gasteiger charge is -2.08. The fraction of sp³-hybridized carbons (Fsp3) is 0.125. The zero-order chi connectivity index (χ0) is 19.3. The van der Waals surface area contributed by atoms with Crippen LogP contribution in [0.4, 0.5) is 15.8 Å². The Morgan fingerprint density at radius 1 is 1.19 bits per heavy atom. The summed E-state index contributed by atoms with van der Waals surface area (Å²) >= 11 is 11.7. The van der Waals surface area contributed by atoms with Gasteiger partial charge in [0.25, 0.3) is 5.91 Å². The van der Waals surface area contributed by atoms with Gasteiger partial charge in [0.1, 0.15) is 0 Å². The van der Waals surface area contributed by atoms with Gasteiger partial charge in [-0.25, -0.2) is 0 Å². The first kappa shape index (κ1) is 19.6. The molecule has 0 saturated heterocycles. The minimum Gasteiger partial charge on any atom is -0.455 e. The van der Waals surface area contributed by atoms with Crippen molar-refractivity contribution in [1.82, 2.24) is 0 Å². The Morgan fingerprint density at radius 2 is 1.92 bits per heavy atom. The van der Waals surface area contributed by atoms with Gasteiger partial charge in [0.2, 0.25) is 5.82 Å². The molecule has 0 aliphatic carbocycles. The molecule has 0 aromatic heterocycles. The van der Waals surface area contributed by atoms with Gasteiger partial charge in [0.05, 0.1) is 11.3 Å². The summed E-state index contributed by atoms with van der Waals surface area (Å²) in [6, 6.07) is 7.45. The van der Waals surface area contributed by atoms with Gasteiger partial charge in [0.15, 0.2) is 6.61 Å². The fourth-order valence-corrected chi connectivity index (χ4v) is 2.42. The van der Waals surface area contributed by atoms with Crippen LogP contribution in [0.15, 0.2) is 36.4 Å². The predicted molar refractivity (Wildman–Crippen MR) is 92.8 cm³/mol. The summed E-state index contributed by atoms with van der Waals surface area (Å²) < 4.78 is 18.0. The number of carbonyl (C=O) groups excluding carboxylic acids is 2. The Balaban J connectivity index is 1.89. The number of amides is 1. The molecule has 2 aromatic carbocycles. The monoisotopic (exact) mass is 400 g/mol. The van der Waals surface area contributed by atoms with E-state index in [4.69, 9.17) is 27.9 Å². The molecule has 0 fully saturated rings. The van der Waals surface area contributed by atoms with E-state index < -0.39 is 34.9 Å². The Labute approximate surface area is 156 Å². The average molecular weight is 401 g/mol. The number of carbonyl (C=O) groups is 2. The molecule has 136 valence electrons. The quantitative estimate of drug-likeness (QED) is 0.452. The minimum absolute atomic E-state index is 0.0000975. The molecule has 10 heteroatoms. The number of nitro groups is 1. The number of hydrogen-bond donors (Lipinski definition) is 1. The summed E-state index contributed by atoms with van der Waals surface area (Å²) in [6.45, 7) is -0.616. The number of ether oxygens (including phenoxy) is 1. The van der Waals surface area contributed by atoms with Gasteiger partial charge in [-0.2, -0.15) is 4.39 Å². The van der Waals surface area contributed by atoms with Crippen LogP contribution in [0, 0.1) is 15.9 Å². The van der Waals surface area contributed by atoms with Gasteiger partial charge in [0, 0.05) is 21.8 Å². The lowest BCUT2D eigenvalue weighted by Crippen LogP contribution is -2.21. The zero-order valence-corrected chi connectivity index (χ0v) is 14.5. The third-order valence-electron chi connectivity index (χ3n) is 3.14. The van der Waals surface area contributed by atoms with Gasteiger partial charge < -0.3 is 10.1 Å². The zero-order valence-electron chi connectivity index (χ0n) is 13.0. The summed E-state index contributed by atoms with van der Waals surface area (Å²) in [5.74, 6) is -2.46. The van der Waals surface area contributed by atoms with Gasteiger partial charge >= 0.3 is 11.7 Å². The molecule has 1 N–H and O–H groups in total. The average Bonchev–Trinajstić information content (AvgIpc) is 2.57. The number of rotatable bonds is 6. The third kappa shape index (κ3) is 5.40. The molecule has 0 unspecified atom stereocenters. The lowest BCUT2D eigenvalue weighted by atomic mass is 10.1. The number of hydrogen-bond acceptors (Lipinski definition) is 5. The molecule has 0 spiro atoms. The van der Waals surface area contributed by atoms with Crippen molar-refractivity contribution in [2.75, 3.05) is 11.9 Å². The van der Waals surface area contributed by atoms with E-state index in [2.05, 4.69) is 5.32 Å². The maximum atomic E-state index is 13.2. The first-order valence-corrected chi connectivity index (χ1v) is 7.85. The Bertz CT molecular complexity index is 876. The van der Waals surface area contributed by atoms with Crippen LogP contribution >= 0.6 is 23.2 Å². The topological polar surface area (TPSA) is 98.5 Å². The van der Waals surface area contributed by atoms with E-state index >= 15 is 0 Å². The van der Waals surface area contributed by atoms with E-state index in [1.54, 1.807) is 12.1 Å². The SMILES string of the molecule is O=C(COC(=O)Cc1ccc(Cl)cc1Cl)Nc1ccc(F)c([N+](=O)[O-])c1. The van der Waals surface area contributed by atoms with Crippen LogP contribution in [0.3, 0.4) is 0 Å². The Hall–Kier alpha value is -2.71. The molecule has 0 aliphatic rings. The molecule has 0 bridgehead atoms. The highest BCUT2D eigenvalue weighted by Crippen LogP contribution is 2.22. The van der Waals surface area contributed by atoms with Crippen LogP contribution in [0.1, 0.15) is 5.56 Å². The van der Waals surface area contributed by atoms with Gasteiger partial charge in [-0.1, -0.05) is 29.3 Å². The molecule has 2 rings (SSSR count). The first-order chi connectivity index (χ1) is 12.3. The number of nitrogens with one attached hydrogen (secondary N) is 1. The molecule has 0 aliphatic heterocycles. The highest BCUT2D eigenvalue weighted by Gasteiger charge is 2.16. The number of nitrogens with zero attached hydrogens (tertiary/aromatic N) is 1. The maximum absolute atomic E-state index is 13.2. The van der Waals surface area contributed by atoms with E-state index in [-0.39, 0.29) is 17.1 Å². The number of esters is 1. The van der Waals surface area contributed by atoms with E-state index in [1.807, 2.05) is 0 Å². The van der Waals surface area contributed by atoms with Crippen molar-refractivity contribution < 1.29 is 23.6 Å². The van der Waals surface area contributed by atoms with Crippen molar-refractivity contribution in [3.63, 3.8) is 0 Å². The lowest BCUT2D eigenvalue weighted by molar-refractivity contribution is -0.387. The molecule has 0 radical (unpaired) electrons. The molecule has 0 atom stereocenters. The van der Waals surface area contributed by atoms with Crippen molar-refractivity contribution in [1.29, 1.82) is 0 Å². The molecule has 0 heterocycles.